The molecule has 2 N–H and O–H groups in total. The first kappa shape index (κ1) is 9.57. The molecule has 78 valence electrons. The lowest BCUT2D eigenvalue weighted by Crippen LogP contribution is -1.94. The number of benzene rings is 1. The summed E-state index contributed by atoms with van der Waals surface area (Å²) >= 11 is 0. The van der Waals surface area contributed by atoms with Crippen molar-refractivity contribution in [3.05, 3.63) is 29.3 Å². The molecule has 4 nitrogen and oxygen atoms in total. The summed E-state index contributed by atoms with van der Waals surface area (Å²) in [5, 5.41) is 3.26. The second-order valence-electron chi connectivity index (χ2n) is 3.01. The van der Waals surface area contributed by atoms with E-state index in [1.54, 1.807) is 0 Å². The monoisotopic (exact) mass is 211 g/mol. The third-order valence-electron chi connectivity index (χ3n) is 1.94. The Morgan fingerprint density at radius 2 is 2.07 bits per heavy atom. The fourth-order valence-corrected chi connectivity index (χ4v) is 1.19. The highest BCUT2D eigenvalue weighted by Crippen LogP contribution is 2.26. The Bertz CT molecular complexity index is 510. The number of nitrogen functional groups attached to an aromatic ring is 1. The van der Waals surface area contributed by atoms with Crippen molar-refractivity contribution in [2.45, 2.75) is 6.92 Å². The number of nitrogens with two attached hydrogens (primary N) is 1. The molecule has 0 atom stereocenters. The van der Waals surface area contributed by atoms with Crippen molar-refractivity contribution in [1.29, 1.82) is 0 Å². The van der Waals surface area contributed by atoms with Crippen LogP contribution >= 0.6 is 0 Å². The summed E-state index contributed by atoms with van der Waals surface area (Å²) in [6.45, 7) is 1.51. The van der Waals surface area contributed by atoms with Crippen molar-refractivity contribution in [2.24, 2.45) is 0 Å². The minimum atomic E-state index is -0.762. The van der Waals surface area contributed by atoms with Crippen LogP contribution in [-0.2, 0) is 0 Å². The molecule has 0 saturated carbocycles. The van der Waals surface area contributed by atoms with E-state index < -0.39 is 11.6 Å². The topological polar surface area (TPSA) is 64.9 Å². The Labute approximate surface area is 83.7 Å². The highest BCUT2D eigenvalue weighted by Gasteiger charge is 2.18. The highest BCUT2D eigenvalue weighted by atomic mass is 19.1. The summed E-state index contributed by atoms with van der Waals surface area (Å²) in [5.41, 5.74) is 5.14. The number of nitrogens with zero attached hydrogens (tertiary/aromatic N) is 2. The first-order valence-corrected chi connectivity index (χ1v) is 4.13. The quantitative estimate of drug-likeness (QED) is 0.782. The minimum Gasteiger partial charge on any atom is -0.365 e. The molecule has 0 bridgehead atoms. The van der Waals surface area contributed by atoms with Gasteiger partial charge in [0, 0.05) is 0 Å². The molecular weight excluding hydrogens is 204 g/mol. The van der Waals surface area contributed by atoms with Gasteiger partial charge in [0.25, 0.3) is 11.8 Å². The van der Waals surface area contributed by atoms with E-state index in [0.717, 1.165) is 6.07 Å². The van der Waals surface area contributed by atoms with Crippen LogP contribution in [0.1, 0.15) is 5.56 Å². The molecule has 0 radical (unpaired) electrons. The molecule has 0 aliphatic rings. The number of hydrogen-bond donors (Lipinski definition) is 1. The van der Waals surface area contributed by atoms with Crippen LogP contribution in [0, 0.1) is 18.6 Å². The second-order valence-corrected chi connectivity index (χ2v) is 3.01. The number of aromatic nitrogens is 2. The predicted molar refractivity (Wildman–Crippen MR) is 48.8 cm³/mol. The molecule has 2 aromatic rings. The van der Waals surface area contributed by atoms with Gasteiger partial charge in [0.15, 0.2) is 0 Å². The van der Waals surface area contributed by atoms with Crippen LogP contribution in [0.25, 0.3) is 11.5 Å². The Morgan fingerprint density at radius 3 is 2.67 bits per heavy atom. The van der Waals surface area contributed by atoms with Gasteiger partial charge in [-0.1, -0.05) is 6.07 Å². The molecule has 2 rings (SSSR count). The maximum atomic E-state index is 13.5. The molecule has 0 spiro atoms. The lowest BCUT2D eigenvalue weighted by Gasteiger charge is -2.01. The number of aryl methyl sites for hydroxylation is 1. The highest BCUT2D eigenvalue weighted by molar-refractivity contribution is 5.57. The molecule has 1 aromatic carbocycles. The lowest BCUT2D eigenvalue weighted by molar-refractivity contribution is 0.426. The maximum absolute atomic E-state index is 13.5. The maximum Gasteiger partial charge on any atom is 0.265 e. The lowest BCUT2D eigenvalue weighted by atomic mass is 10.1. The molecule has 1 heterocycles. The molecule has 6 heteroatoms. The molecule has 0 aliphatic carbocycles. The Morgan fingerprint density at radius 1 is 1.33 bits per heavy atom. The summed E-state index contributed by atoms with van der Waals surface area (Å²) in [7, 11) is 0. The van der Waals surface area contributed by atoms with E-state index >= 15 is 0 Å². The van der Waals surface area contributed by atoms with E-state index in [4.69, 9.17) is 5.73 Å². The normalized spacial score (nSPS) is 10.6. The summed E-state index contributed by atoms with van der Waals surface area (Å²) in [6, 6.07) is 2.46. The zero-order valence-electron chi connectivity index (χ0n) is 7.79. The minimum absolute atomic E-state index is 0.162. The van der Waals surface area contributed by atoms with Crippen LogP contribution in [0.2, 0.25) is 0 Å². The summed E-state index contributed by atoms with van der Waals surface area (Å²) < 4.78 is 31.5. The summed E-state index contributed by atoms with van der Waals surface area (Å²) in [4.78, 5) is 3.56. The van der Waals surface area contributed by atoms with Crippen LogP contribution in [0.3, 0.4) is 0 Å². The second kappa shape index (κ2) is 3.30. The van der Waals surface area contributed by atoms with E-state index in [0.29, 0.717) is 5.56 Å². The van der Waals surface area contributed by atoms with Gasteiger partial charge in [-0.25, -0.2) is 8.78 Å². The largest absolute Gasteiger partial charge is 0.365 e. The Kier molecular flexibility index (Phi) is 2.11. The molecule has 0 saturated heterocycles. The van der Waals surface area contributed by atoms with E-state index in [2.05, 4.69) is 14.7 Å². The van der Waals surface area contributed by atoms with Gasteiger partial charge in [-0.2, -0.15) is 4.98 Å². The first-order chi connectivity index (χ1) is 7.09. The van der Waals surface area contributed by atoms with Crippen LogP contribution in [0.5, 0.6) is 0 Å². The van der Waals surface area contributed by atoms with E-state index in [-0.39, 0.29) is 17.4 Å². The van der Waals surface area contributed by atoms with Gasteiger partial charge in [0.05, 0.1) is 0 Å². The zero-order chi connectivity index (χ0) is 11.0. The average Bonchev–Trinajstić information content (AvgIpc) is 2.59. The van der Waals surface area contributed by atoms with Crippen molar-refractivity contribution >= 4 is 5.95 Å². The van der Waals surface area contributed by atoms with Gasteiger partial charge in [0.2, 0.25) is 0 Å². The fraction of sp³-hybridized carbons (Fsp3) is 0.111. The number of rotatable bonds is 1. The predicted octanol–water partition coefficient (Wildman–Crippen LogP) is 1.91. The van der Waals surface area contributed by atoms with Crippen LogP contribution in [-0.4, -0.2) is 10.1 Å². The van der Waals surface area contributed by atoms with Crippen LogP contribution in [0.4, 0.5) is 14.7 Å². The summed E-state index contributed by atoms with van der Waals surface area (Å²) in [6.07, 6.45) is 0. The van der Waals surface area contributed by atoms with Crippen molar-refractivity contribution in [3.8, 4) is 11.5 Å². The van der Waals surface area contributed by atoms with Gasteiger partial charge in [-0.15, -0.1) is 0 Å². The molecule has 0 amide bonds. The molecule has 0 fully saturated rings. The van der Waals surface area contributed by atoms with Crippen molar-refractivity contribution in [1.82, 2.24) is 10.1 Å². The van der Waals surface area contributed by atoms with E-state index in [1.165, 1.54) is 13.0 Å². The van der Waals surface area contributed by atoms with Crippen molar-refractivity contribution < 1.29 is 13.3 Å². The van der Waals surface area contributed by atoms with Crippen molar-refractivity contribution in [3.63, 3.8) is 0 Å². The first-order valence-electron chi connectivity index (χ1n) is 4.13. The number of anilines is 1. The third kappa shape index (κ3) is 1.54. The van der Waals surface area contributed by atoms with Crippen molar-refractivity contribution in [2.75, 3.05) is 5.73 Å². The Balaban J connectivity index is 2.66. The summed E-state index contributed by atoms with van der Waals surface area (Å²) in [5.74, 6) is -1.91. The average molecular weight is 211 g/mol. The number of halogens is 2. The number of hydrogen-bond acceptors (Lipinski definition) is 4. The van der Waals surface area contributed by atoms with Gasteiger partial charge in [0.1, 0.15) is 17.2 Å². The van der Waals surface area contributed by atoms with E-state index in [9.17, 15) is 8.78 Å². The SMILES string of the molecule is Cc1ccc(F)c(-c2nc(N)no2)c1F. The van der Waals surface area contributed by atoms with Gasteiger partial charge < -0.3 is 10.3 Å². The molecule has 0 aliphatic heterocycles. The molecule has 1 aromatic heterocycles. The fourth-order valence-electron chi connectivity index (χ4n) is 1.19. The molecule has 0 unspecified atom stereocenters. The van der Waals surface area contributed by atoms with Crippen LogP contribution in [0.15, 0.2) is 16.7 Å². The van der Waals surface area contributed by atoms with Gasteiger partial charge >= 0.3 is 0 Å². The Hall–Kier alpha value is -1.98. The zero-order valence-corrected chi connectivity index (χ0v) is 7.79. The third-order valence-corrected chi connectivity index (χ3v) is 1.94. The standard InChI is InChI=1S/C9H7F2N3O/c1-4-2-3-5(10)6(7(4)11)8-13-9(12)14-15-8/h2-3H,1H3,(H2,12,14). The van der Waals surface area contributed by atoms with Crippen LogP contribution < -0.4 is 5.73 Å². The molecular formula is C9H7F2N3O. The van der Waals surface area contributed by atoms with Gasteiger partial charge in [-0.3, -0.25) is 0 Å². The molecule has 15 heavy (non-hydrogen) atoms. The van der Waals surface area contributed by atoms with E-state index in [1.807, 2.05) is 0 Å². The van der Waals surface area contributed by atoms with Gasteiger partial charge in [-0.05, 0) is 23.7 Å². The smallest absolute Gasteiger partial charge is 0.265 e.